The maximum absolute atomic E-state index is 12.8. The van der Waals surface area contributed by atoms with Gasteiger partial charge in [-0.3, -0.25) is 4.79 Å². The quantitative estimate of drug-likeness (QED) is 0.901. The summed E-state index contributed by atoms with van der Waals surface area (Å²) in [5.41, 5.74) is 1.36. The summed E-state index contributed by atoms with van der Waals surface area (Å²) in [6.45, 7) is 2.62. The van der Waals surface area contributed by atoms with E-state index >= 15 is 0 Å². The van der Waals surface area contributed by atoms with Gasteiger partial charge in [0.05, 0.1) is 11.3 Å². The predicted molar refractivity (Wildman–Crippen MR) is 81.7 cm³/mol. The number of hydrogen-bond acceptors (Lipinski definition) is 5. The summed E-state index contributed by atoms with van der Waals surface area (Å²) in [5.74, 6) is 0.706. The number of piperidine rings is 1. The Morgan fingerprint density at radius 1 is 1.32 bits per heavy atom. The smallest absolute Gasteiger partial charge is 0.256 e. The highest BCUT2D eigenvalue weighted by molar-refractivity contribution is 5.97. The first-order valence-corrected chi connectivity index (χ1v) is 7.56. The normalized spacial score (nSPS) is 16.0. The lowest BCUT2D eigenvalue weighted by atomic mass is 9.96. The van der Waals surface area contributed by atoms with Gasteiger partial charge >= 0.3 is 0 Å². The summed E-state index contributed by atoms with van der Waals surface area (Å²) in [7, 11) is 1.97. The zero-order valence-corrected chi connectivity index (χ0v) is 12.6. The Hall–Kier alpha value is -2.28. The standard InChI is InChI=1S/C15H20N6O/c1-16-10-12-6-8-20(9-7-12)15(22)13-4-2-3-5-14(13)21-11-17-18-19-21/h2-5,11-12,16H,6-10H2,1H3. The van der Waals surface area contributed by atoms with Gasteiger partial charge in [-0.1, -0.05) is 12.1 Å². The van der Waals surface area contributed by atoms with Gasteiger partial charge in [-0.05, 0) is 54.9 Å². The summed E-state index contributed by atoms with van der Waals surface area (Å²) < 4.78 is 1.53. The molecule has 7 heteroatoms. The molecule has 0 radical (unpaired) electrons. The van der Waals surface area contributed by atoms with E-state index in [4.69, 9.17) is 0 Å². The van der Waals surface area contributed by atoms with E-state index in [0.717, 1.165) is 38.2 Å². The number of nitrogens with zero attached hydrogens (tertiary/aromatic N) is 5. The zero-order valence-electron chi connectivity index (χ0n) is 12.6. The Morgan fingerprint density at radius 3 is 2.77 bits per heavy atom. The third-order valence-corrected chi connectivity index (χ3v) is 4.12. The SMILES string of the molecule is CNCC1CCN(C(=O)c2ccccc2-n2cnnn2)CC1. The van der Waals surface area contributed by atoms with E-state index in [-0.39, 0.29) is 5.91 Å². The van der Waals surface area contributed by atoms with Gasteiger partial charge in [0.1, 0.15) is 6.33 Å². The minimum atomic E-state index is 0.0500. The van der Waals surface area contributed by atoms with Crippen molar-refractivity contribution in [1.29, 1.82) is 0 Å². The molecule has 0 saturated carbocycles. The largest absolute Gasteiger partial charge is 0.339 e. The van der Waals surface area contributed by atoms with E-state index in [1.54, 1.807) is 0 Å². The van der Waals surface area contributed by atoms with Gasteiger partial charge in [0, 0.05) is 13.1 Å². The van der Waals surface area contributed by atoms with Crippen LogP contribution in [0.5, 0.6) is 0 Å². The number of benzene rings is 1. The lowest BCUT2D eigenvalue weighted by Crippen LogP contribution is -2.40. The second-order valence-corrected chi connectivity index (χ2v) is 5.56. The molecule has 1 aliphatic heterocycles. The molecule has 22 heavy (non-hydrogen) atoms. The monoisotopic (exact) mass is 300 g/mol. The Bertz CT molecular complexity index is 619. The molecule has 1 aromatic heterocycles. The lowest BCUT2D eigenvalue weighted by molar-refractivity contribution is 0.0691. The van der Waals surface area contributed by atoms with Crippen LogP contribution in [0.1, 0.15) is 23.2 Å². The van der Waals surface area contributed by atoms with Crippen molar-refractivity contribution in [2.45, 2.75) is 12.8 Å². The second-order valence-electron chi connectivity index (χ2n) is 5.56. The van der Waals surface area contributed by atoms with Gasteiger partial charge in [0.15, 0.2) is 0 Å². The lowest BCUT2D eigenvalue weighted by Gasteiger charge is -2.32. The fourth-order valence-electron chi connectivity index (χ4n) is 2.93. The van der Waals surface area contributed by atoms with E-state index in [1.165, 1.54) is 11.0 Å². The molecule has 1 saturated heterocycles. The summed E-state index contributed by atoms with van der Waals surface area (Å²) >= 11 is 0. The van der Waals surface area contributed by atoms with Crippen LogP contribution in [0.15, 0.2) is 30.6 Å². The van der Waals surface area contributed by atoms with E-state index in [1.807, 2.05) is 36.2 Å². The second kappa shape index (κ2) is 6.65. The first-order valence-electron chi connectivity index (χ1n) is 7.56. The number of nitrogens with one attached hydrogen (secondary N) is 1. The number of rotatable bonds is 4. The van der Waals surface area contributed by atoms with Crippen molar-refractivity contribution < 1.29 is 4.79 Å². The number of aromatic nitrogens is 4. The molecule has 0 unspecified atom stereocenters. The molecule has 7 nitrogen and oxygen atoms in total. The Morgan fingerprint density at radius 2 is 2.09 bits per heavy atom. The van der Waals surface area contributed by atoms with Crippen LogP contribution in [0.4, 0.5) is 0 Å². The van der Waals surface area contributed by atoms with Crippen LogP contribution in [0.3, 0.4) is 0 Å². The molecule has 2 aromatic rings. The minimum Gasteiger partial charge on any atom is -0.339 e. The van der Waals surface area contributed by atoms with E-state index in [0.29, 0.717) is 11.5 Å². The summed E-state index contributed by atoms with van der Waals surface area (Å²) in [5, 5.41) is 14.4. The highest BCUT2D eigenvalue weighted by Crippen LogP contribution is 2.21. The Labute approximate surface area is 129 Å². The third kappa shape index (κ3) is 2.99. The highest BCUT2D eigenvalue weighted by atomic mass is 16.2. The molecular formula is C15H20N6O. The van der Waals surface area contributed by atoms with Crippen molar-refractivity contribution in [3.8, 4) is 5.69 Å². The van der Waals surface area contributed by atoms with Gasteiger partial charge in [-0.15, -0.1) is 5.10 Å². The molecule has 1 N–H and O–H groups in total. The number of carbonyl (C=O) groups is 1. The number of tetrazole rings is 1. The average Bonchev–Trinajstić information content (AvgIpc) is 3.10. The average molecular weight is 300 g/mol. The summed E-state index contributed by atoms with van der Waals surface area (Å²) in [6, 6.07) is 7.44. The molecule has 0 bridgehead atoms. The number of para-hydroxylation sites is 1. The Kier molecular flexibility index (Phi) is 4.43. The predicted octanol–water partition coefficient (Wildman–Crippen LogP) is 0.734. The zero-order chi connectivity index (χ0) is 15.4. The maximum Gasteiger partial charge on any atom is 0.256 e. The van der Waals surface area contributed by atoms with Gasteiger partial charge in [0.25, 0.3) is 5.91 Å². The van der Waals surface area contributed by atoms with Crippen LogP contribution in [-0.4, -0.2) is 57.7 Å². The third-order valence-electron chi connectivity index (χ3n) is 4.12. The molecule has 1 amide bonds. The van der Waals surface area contributed by atoms with Crippen molar-refractivity contribution in [3.63, 3.8) is 0 Å². The first kappa shape index (κ1) is 14.6. The van der Waals surface area contributed by atoms with Crippen molar-refractivity contribution in [3.05, 3.63) is 36.2 Å². The molecule has 0 aliphatic carbocycles. The number of hydrogen-bond donors (Lipinski definition) is 1. The molecule has 0 spiro atoms. The van der Waals surface area contributed by atoms with Crippen molar-refractivity contribution in [1.82, 2.24) is 30.4 Å². The molecule has 116 valence electrons. The van der Waals surface area contributed by atoms with Crippen LogP contribution < -0.4 is 5.32 Å². The fourth-order valence-corrected chi connectivity index (χ4v) is 2.93. The van der Waals surface area contributed by atoms with Crippen LogP contribution in [0.2, 0.25) is 0 Å². The number of carbonyl (C=O) groups excluding carboxylic acids is 1. The molecule has 1 aromatic carbocycles. The van der Waals surface area contributed by atoms with Gasteiger partial charge in [0.2, 0.25) is 0 Å². The van der Waals surface area contributed by atoms with E-state index in [2.05, 4.69) is 20.8 Å². The minimum absolute atomic E-state index is 0.0500. The van der Waals surface area contributed by atoms with E-state index in [9.17, 15) is 4.79 Å². The molecule has 2 heterocycles. The number of likely N-dealkylation sites (tertiary alicyclic amines) is 1. The van der Waals surface area contributed by atoms with Crippen molar-refractivity contribution in [2.24, 2.45) is 5.92 Å². The Balaban J connectivity index is 1.76. The topological polar surface area (TPSA) is 75.9 Å². The first-order chi connectivity index (χ1) is 10.8. The summed E-state index contributed by atoms with van der Waals surface area (Å²) in [6.07, 6.45) is 3.59. The highest BCUT2D eigenvalue weighted by Gasteiger charge is 2.25. The van der Waals surface area contributed by atoms with Gasteiger partial charge in [-0.25, -0.2) is 0 Å². The van der Waals surface area contributed by atoms with Crippen LogP contribution in [-0.2, 0) is 0 Å². The number of amides is 1. The van der Waals surface area contributed by atoms with Gasteiger partial charge in [-0.2, -0.15) is 4.68 Å². The van der Waals surface area contributed by atoms with Crippen LogP contribution in [0, 0.1) is 5.92 Å². The van der Waals surface area contributed by atoms with Crippen molar-refractivity contribution >= 4 is 5.91 Å². The van der Waals surface area contributed by atoms with Crippen LogP contribution >= 0.6 is 0 Å². The maximum atomic E-state index is 12.8. The molecular weight excluding hydrogens is 280 g/mol. The van der Waals surface area contributed by atoms with Crippen LogP contribution in [0.25, 0.3) is 5.69 Å². The molecule has 0 atom stereocenters. The van der Waals surface area contributed by atoms with E-state index < -0.39 is 0 Å². The fraction of sp³-hybridized carbons (Fsp3) is 0.467. The summed E-state index contributed by atoms with van der Waals surface area (Å²) in [4.78, 5) is 14.7. The molecule has 1 fully saturated rings. The molecule has 3 rings (SSSR count). The molecule has 1 aliphatic rings. The van der Waals surface area contributed by atoms with Crippen molar-refractivity contribution in [2.75, 3.05) is 26.7 Å². The van der Waals surface area contributed by atoms with Gasteiger partial charge < -0.3 is 10.2 Å².